The number of ether oxygens (including phenoxy) is 1. The lowest BCUT2D eigenvalue weighted by Gasteiger charge is -2.07. The van der Waals surface area contributed by atoms with Gasteiger partial charge in [0.05, 0.1) is 11.9 Å². The molecule has 0 saturated carbocycles. The normalized spacial score (nSPS) is 12.4. The third-order valence-electron chi connectivity index (χ3n) is 0.828. The molecule has 8 heavy (non-hydrogen) atoms. The SMILES string of the molecule is C/C=C(\C)OC(C)C. The Morgan fingerprint density at radius 3 is 2.12 bits per heavy atom. The third-order valence-corrected chi connectivity index (χ3v) is 0.828. The molecular weight excluding hydrogens is 100 g/mol. The maximum Gasteiger partial charge on any atom is 0.0926 e. The molecule has 0 spiro atoms. The van der Waals surface area contributed by atoms with Gasteiger partial charge in [0, 0.05) is 0 Å². The van der Waals surface area contributed by atoms with Crippen molar-refractivity contribution in [2.45, 2.75) is 33.8 Å². The van der Waals surface area contributed by atoms with Crippen LogP contribution in [0.5, 0.6) is 0 Å². The van der Waals surface area contributed by atoms with E-state index >= 15 is 0 Å². The molecule has 1 heteroatoms. The number of allylic oxidation sites excluding steroid dienone is 2. The van der Waals surface area contributed by atoms with Crippen LogP contribution in [0.15, 0.2) is 11.8 Å². The fourth-order valence-electron chi connectivity index (χ4n) is 0.440. The number of rotatable bonds is 2. The molecule has 0 unspecified atom stereocenters. The second-order valence-corrected chi connectivity index (χ2v) is 2.07. The molecule has 0 radical (unpaired) electrons. The van der Waals surface area contributed by atoms with E-state index in [1.54, 1.807) is 0 Å². The smallest absolute Gasteiger partial charge is 0.0926 e. The van der Waals surface area contributed by atoms with Crippen molar-refractivity contribution in [1.82, 2.24) is 0 Å². The van der Waals surface area contributed by atoms with Crippen molar-refractivity contribution < 1.29 is 4.74 Å². The van der Waals surface area contributed by atoms with Crippen molar-refractivity contribution in [3.63, 3.8) is 0 Å². The second-order valence-electron chi connectivity index (χ2n) is 2.07. The van der Waals surface area contributed by atoms with Crippen molar-refractivity contribution in [1.29, 1.82) is 0 Å². The Balaban J connectivity index is 3.39. The van der Waals surface area contributed by atoms with E-state index in [1.807, 2.05) is 33.8 Å². The van der Waals surface area contributed by atoms with Gasteiger partial charge in [-0.25, -0.2) is 0 Å². The first-order valence-electron chi connectivity index (χ1n) is 2.96. The van der Waals surface area contributed by atoms with E-state index in [1.165, 1.54) is 0 Å². The van der Waals surface area contributed by atoms with Crippen molar-refractivity contribution >= 4 is 0 Å². The van der Waals surface area contributed by atoms with Crippen LogP contribution in [0.4, 0.5) is 0 Å². The van der Waals surface area contributed by atoms with Gasteiger partial charge in [-0.05, 0) is 33.8 Å². The lowest BCUT2D eigenvalue weighted by Crippen LogP contribution is -1.98. The minimum atomic E-state index is 0.311. The molecule has 0 aliphatic heterocycles. The van der Waals surface area contributed by atoms with Crippen LogP contribution < -0.4 is 0 Å². The highest BCUT2D eigenvalue weighted by Crippen LogP contribution is 1.98. The zero-order chi connectivity index (χ0) is 6.57. The predicted octanol–water partition coefficient (Wildman–Crippen LogP) is 2.34. The Labute approximate surface area is 51.4 Å². The fourth-order valence-corrected chi connectivity index (χ4v) is 0.440. The molecule has 0 aliphatic rings. The summed E-state index contributed by atoms with van der Waals surface area (Å²) in [5.41, 5.74) is 0. The average molecular weight is 114 g/mol. The van der Waals surface area contributed by atoms with Gasteiger partial charge >= 0.3 is 0 Å². The Morgan fingerprint density at radius 1 is 1.50 bits per heavy atom. The molecular formula is C7H14O. The summed E-state index contributed by atoms with van der Waals surface area (Å²) in [6.45, 7) is 7.97. The lowest BCUT2D eigenvalue weighted by molar-refractivity contribution is 0.149. The maximum atomic E-state index is 5.26. The summed E-state index contributed by atoms with van der Waals surface area (Å²) in [6, 6.07) is 0. The van der Waals surface area contributed by atoms with Crippen molar-refractivity contribution in [3.05, 3.63) is 11.8 Å². The first-order valence-corrected chi connectivity index (χ1v) is 2.96. The highest BCUT2D eigenvalue weighted by Gasteiger charge is 1.90. The highest BCUT2D eigenvalue weighted by molar-refractivity contribution is 4.84. The number of hydrogen-bond donors (Lipinski definition) is 0. The van der Waals surface area contributed by atoms with Crippen LogP contribution in [0.2, 0.25) is 0 Å². The number of hydrogen-bond acceptors (Lipinski definition) is 1. The van der Waals surface area contributed by atoms with Crippen LogP contribution in [-0.2, 0) is 4.74 Å². The van der Waals surface area contributed by atoms with Crippen LogP contribution in [0, 0.1) is 0 Å². The average Bonchev–Trinajstić information content (AvgIpc) is 1.65. The first-order chi connectivity index (χ1) is 3.66. The first kappa shape index (κ1) is 7.54. The van der Waals surface area contributed by atoms with Crippen LogP contribution >= 0.6 is 0 Å². The summed E-state index contributed by atoms with van der Waals surface area (Å²) >= 11 is 0. The molecule has 0 heterocycles. The van der Waals surface area contributed by atoms with Gasteiger partial charge in [-0.15, -0.1) is 0 Å². The Kier molecular flexibility index (Phi) is 3.33. The molecule has 0 rings (SSSR count). The maximum absolute atomic E-state index is 5.26. The third kappa shape index (κ3) is 3.72. The summed E-state index contributed by atoms with van der Waals surface area (Å²) in [6.07, 6.45) is 2.27. The van der Waals surface area contributed by atoms with Gasteiger partial charge in [0.1, 0.15) is 0 Å². The van der Waals surface area contributed by atoms with Gasteiger partial charge < -0.3 is 4.74 Å². The molecule has 48 valence electrons. The quantitative estimate of drug-likeness (QED) is 0.501. The Hall–Kier alpha value is -0.460. The van der Waals surface area contributed by atoms with Gasteiger partial charge in [-0.1, -0.05) is 0 Å². The minimum Gasteiger partial charge on any atom is -0.496 e. The summed E-state index contributed by atoms with van der Waals surface area (Å²) in [5.74, 6) is 1.00. The van der Waals surface area contributed by atoms with Crippen LogP contribution in [0.3, 0.4) is 0 Å². The van der Waals surface area contributed by atoms with E-state index in [2.05, 4.69) is 0 Å². The minimum absolute atomic E-state index is 0.311. The lowest BCUT2D eigenvalue weighted by atomic mass is 10.4. The monoisotopic (exact) mass is 114 g/mol. The molecule has 0 aromatic carbocycles. The molecule has 1 nitrogen and oxygen atoms in total. The Bertz CT molecular complexity index is 82.4. The van der Waals surface area contributed by atoms with Gasteiger partial charge in [0.2, 0.25) is 0 Å². The van der Waals surface area contributed by atoms with Gasteiger partial charge in [0.25, 0.3) is 0 Å². The molecule has 0 bridgehead atoms. The van der Waals surface area contributed by atoms with Crippen LogP contribution in [-0.4, -0.2) is 6.10 Å². The van der Waals surface area contributed by atoms with E-state index in [0.717, 1.165) is 5.76 Å². The van der Waals surface area contributed by atoms with E-state index in [4.69, 9.17) is 4.74 Å². The summed E-state index contributed by atoms with van der Waals surface area (Å²) in [7, 11) is 0. The van der Waals surface area contributed by atoms with E-state index in [-0.39, 0.29) is 0 Å². The van der Waals surface area contributed by atoms with Crippen molar-refractivity contribution in [3.8, 4) is 0 Å². The van der Waals surface area contributed by atoms with Crippen molar-refractivity contribution in [2.75, 3.05) is 0 Å². The topological polar surface area (TPSA) is 9.23 Å². The molecule has 0 aromatic heterocycles. The van der Waals surface area contributed by atoms with E-state index in [0.29, 0.717) is 6.10 Å². The Morgan fingerprint density at radius 2 is 2.00 bits per heavy atom. The standard InChI is InChI=1S/C7H14O/c1-5-7(4)8-6(2)3/h5-6H,1-4H3/b7-5+. The fraction of sp³-hybridized carbons (Fsp3) is 0.714. The molecule has 0 amide bonds. The summed E-state index contributed by atoms with van der Waals surface area (Å²) in [5, 5.41) is 0. The zero-order valence-corrected chi connectivity index (χ0v) is 6.06. The largest absolute Gasteiger partial charge is 0.496 e. The van der Waals surface area contributed by atoms with Gasteiger partial charge in [-0.3, -0.25) is 0 Å². The summed E-state index contributed by atoms with van der Waals surface area (Å²) in [4.78, 5) is 0. The zero-order valence-electron chi connectivity index (χ0n) is 6.06. The molecule has 0 N–H and O–H groups in total. The predicted molar refractivity (Wildman–Crippen MR) is 35.7 cm³/mol. The van der Waals surface area contributed by atoms with Crippen LogP contribution in [0.1, 0.15) is 27.7 Å². The molecule has 0 atom stereocenters. The molecule has 0 saturated heterocycles. The van der Waals surface area contributed by atoms with Gasteiger partial charge in [-0.2, -0.15) is 0 Å². The summed E-state index contributed by atoms with van der Waals surface area (Å²) < 4.78 is 5.26. The molecule has 0 aromatic rings. The highest BCUT2D eigenvalue weighted by atomic mass is 16.5. The molecule has 0 fully saturated rings. The molecule has 0 aliphatic carbocycles. The van der Waals surface area contributed by atoms with Crippen LogP contribution in [0.25, 0.3) is 0 Å². The van der Waals surface area contributed by atoms with E-state index in [9.17, 15) is 0 Å². The van der Waals surface area contributed by atoms with E-state index < -0.39 is 0 Å². The van der Waals surface area contributed by atoms with Gasteiger partial charge in [0.15, 0.2) is 0 Å². The second kappa shape index (κ2) is 3.53. The van der Waals surface area contributed by atoms with Crippen molar-refractivity contribution in [2.24, 2.45) is 0 Å².